The van der Waals surface area contributed by atoms with Gasteiger partial charge in [0.1, 0.15) is 0 Å². The van der Waals surface area contributed by atoms with Crippen molar-refractivity contribution < 1.29 is 4.79 Å². The number of halogens is 2. The Bertz CT molecular complexity index is 193. The molecule has 3 unspecified atom stereocenters. The van der Waals surface area contributed by atoms with Crippen molar-refractivity contribution in [1.29, 1.82) is 0 Å². The van der Waals surface area contributed by atoms with Crippen molar-refractivity contribution in [3.63, 3.8) is 0 Å². The average Bonchev–Trinajstić information content (AvgIpc) is 1.97. The lowest BCUT2D eigenvalue weighted by atomic mass is 9.69. The summed E-state index contributed by atoms with van der Waals surface area (Å²) in [7, 11) is 0. The largest absolute Gasteiger partial charge is 0.281 e. The van der Waals surface area contributed by atoms with Crippen molar-refractivity contribution in [1.82, 2.24) is 0 Å². The molecule has 0 aliphatic heterocycles. The van der Waals surface area contributed by atoms with Crippen molar-refractivity contribution in [3.05, 3.63) is 0 Å². The van der Waals surface area contributed by atoms with E-state index < -0.39 is 0 Å². The van der Waals surface area contributed by atoms with E-state index in [1.54, 1.807) is 0 Å². The van der Waals surface area contributed by atoms with Crippen LogP contribution >= 0.6 is 23.2 Å². The zero-order valence-corrected chi connectivity index (χ0v) is 8.95. The van der Waals surface area contributed by atoms with Crippen LogP contribution in [0.2, 0.25) is 0 Å². The molecule has 12 heavy (non-hydrogen) atoms. The quantitative estimate of drug-likeness (QED) is 0.478. The van der Waals surface area contributed by atoms with Crippen molar-refractivity contribution in [2.45, 2.75) is 38.5 Å². The number of hydrogen-bond donors (Lipinski definition) is 0. The number of alkyl halides is 1. The fourth-order valence-electron chi connectivity index (χ4n) is 1.76. The van der Waals surface area contributed by atoms with E-state index in [0.29, 0.717) is 5.92 Å². The van der Waals surface area contributed by atoms with Gasteiger partial charge in [0, 0.05) is 10.8 Å². The highest BCUT2D eigenvalue weighted by Crippen LogP contribution is 2.43. The molecular formula is C9H14Cl2O. The summed E-state index contributed by atoms with van der Waals surface area (Å²) in [6.45, 7) is 3.99. The van der Waals surface area contributed by atoms with Gasteiger partial charge < -0.3 is 0 Å². The summed E-state index contributed by atoms with van der Waals surface area (Å²) < 4.78 is 0. The van der Waals surface area contributed by atoms with Crippen molar-refractivity contribution in [3.8, 4) is 0 Å². The van der Waals surface area contributed by atoms with Gasteiger partial charge in [-0.3, -0.25) is 4.79 Å². The van der Waals surface area contributed by atoms with E-state index in [1.165, 1.54) is 0 Å². The SMILES string of the molecule is CC1CC(Cl)CCC1(C)C(=O)Cl. The minimum absolute atomic E-state index is 0.210. The first-order valence-electron chi connectivity index (χ1n) is 4.31. The van der Waals surface area contributed by atoms with Crippen LogP contribution in [0.25, 0.3) is 0 Å². The average molecular weight is 209 g/mol. The topological polar surface area (TPSA) is 17.1 Å². The van der Waals surface area contributed by atoms with E-state index in [4.69, 9.17) is 23.2 Å². The van der Waals surface area contributed by atoms with Crippen LogP contribution in [-0.2, 0) is 4.79 Å². The van der Waals surface area contributed by atoms with Crippen LogP contribution in [0.1, 0.15) is 33.1 Å². The third-order valence-corrected chi connectivity index (χ3v) is 3.95. The molecule has 0 radical (unpaired) electrons. The molecule has 3 heteroatoms. The van der Waals surface area contributed by atoms with E-state index in [2.05, 4.69) is 6.92 Å². The fourth-order valence-corrected chi connectivity index (χ4v) is 2.41. The Kier molecular flexibility index (Phi) is 3.06. The zero-order chi connectivity index (χ0) is 9.35. The van der Waals surface area contributed by atoms with Crippen molar-refractivity contribution >= 4 is 28.4 Å². The lowest BCUT2D eigenvalue weighted by Gasteiger charge is -2.38. The Morgan fingerprint density at radius 3 is 2.58 bits per heavy atom. The molecule has 0 heterocycles. The smallest absolute Gasteiger partial charge is 0.227 e. The van der Waals surface area contributed by atoms with Crippen LogP contribution in [-0.4, -0.2) is 10.6 Å². The summed E-state index contributed by atoms with van der Waals surface area (Å²) in [5.41, 5.74) is -0.340. The summed E-state index contributed by atoms with van der Waals surface area (Å²) in [5, 5.41) is 0.0164. The number of carbonyl (C=O) groups is 1. The summed E-state index contributed by atoms with van der Waals surface area (Å²) >= 11 is 11.5. The van der Waals surface area contributed by atoms with Gasteiger partial charge in [0.15, 0.2) is 0 Å². The Morgan fingerprint density at radius 2 is 2.17 bits per heavy atom. The van der Waals surface area contributed by atoms with Crippen LogP contribution in [0.4, 0.5) is 0 Å². The van der Waals surface area contributed by atoms with Gasteiger partial charge in [-0.25, -0.2) is 0 Å². The number of carbonyl (C=O) groups excluding carboxylic acids is 1. The number of rotatable bonds is 1. The molecule has 1 aliphatic rings. The van der Waals surface area contributed by atoms with E-state index in [1.807, 2.05) is 6.92 Å². The maximum atomic E-state index is 11.2. The minimum atomic E-state index is -0.340. The Balaban J connectivity index is 2.72. The summed E-state index contributed by atoms with van der Waals surface area (Å²) in [6.07, 6.45) is 2.63. The molecule has 0 amide bonds. The number of hydrogen-bond acceptors (Lipinski definition) is 1. The van der Waals surface area contributed by atoms with Gasteiger partial charge >= 0.3 is 0 Å². The van der Waals surface area contributed by atoms with Gasteiger partial charge in [0.2, 0.25) is 5.24 Å². The maximum absolute atomic E-state index is 11.2. The molecule has 3 atom stereocenters. The predicted molar refractivity (Wildman–Crippen MR) is 51.6 cm³/mol. The second-order valence-electron chi connectivity index (χ2n) is 3.96. The highest BCUT2D eigenvalue weighted by atomic mass is 35.5. The van der Waals surface area contributed by atoms with Gasteiger partial charge in [-0.1, -0.05) is 13.8 Å². The minimum Gasteiger partial charge on any atom is -0.281 e. The van der Waals surface area contributed by atoms with E-state index in [9.17, 15) is 4.79 Å². The molecule has 1 rings (SSSR count). The molecule has 0 aromatic heterocycles. The fraction of sp³-hybridized carbons (Fsp3) is 0.889. The summed E-state index contributed by atoms with van der Waals surface area (Å²) in [5.74, 6) is 0.304. The molecule has 0 spiro atoms. The third kappa shape index (κ3) is 1.77. The second-order valence-corrected chi connectivity index (χ2v) is 4.92. The van der Waals surface area contributed by atoms with E-state index in [-0.39, 0.29) is 16.0 Å². The molecule has 1 saturated carbocycles. The standard InChI is InChI=1S/C9H14Cl2O/c1-6-5-7(10)3-4-9(6,2)8(11)12/h6-7H,3-5H2,1-2H3. The van der Waals surface area contributed by atoms with Gasteiger partial charge in [0.05, 0.1) is 0 Å². The lowest BCUT2D eigenvalue weighted by Crippen LogP contribution is -2.37. The monoisotopic (exact) mass is 208 g/mol. The second kappa shape index (κ2) is 3.55. The first-order valence-corrected chi connectivity index (χ1v) is 5.12. The first kappa shape index (κ1) is 10.3. The maximum Gasteiger partial charge on any atom is 0.227 e. The summed E-state index contributed by atoms with van der Waals surface area (Å²) in [6, 6.07) is 0. The van der Waals surface area contributed by atoms with E-state index in [0.717, 1.165) is 19.3 Å². The molecule has 0 aromatic carbocycles. The van der Waals surface area contributed by atoms with Crippen LogP contribution in [0, 0.1) is 11.3 Å². The molecular weight excluding hydrogens is 195 g/mol. The molecule has 1 nitrogen and oxygen atoms in total. The Morgan fingerprint density at radius 1 is 1.58 bits per heavy atom. The molecule has 1 aliphatic carbocycles. The summed E-state index contributed by atoms with van der Waals surface area (Å²) in [4.78, 5) is 11.2. The first-order chi connectivity index (χ1) is 5.47. The zero-order valence-electron chi connectivity index (χ0n) is 7.44. The highest BCUT2D eigenvalue weighted by Gasteiger charge is 2.41. The molecule has 70 valence electrons. The normalized spacial score (nSPS) is 42.7. The molecule has 0 N–H and O–H groups in total. The van der Waals surface area contributed by atoms with Gasteiger partial charge in [-0.05, 0) is 36.8 Å². The van der Waals surface area contributed by atoms with Crippen LogP contribution in [0.15, 0.2) is 0 Å². The van der Waals surface area contributed by atoms with Crippen molar-refractivity contribution in [2.24, 2.45) is 11.3 Å². The van der Waals surface area contributed by atoms with Crippen molar-refractivity contribution in [2.75, 3.05) is 0 Å². The predicted octanol–water partition coefficient (Wildman–Crippen LogP) is 3.19. The molecule has 0 saturated heterocycles. The van der Waals surface area contributed by atoms with Crippen LogP contribution in [0.3, 0.4) is 0 Å². The Labute approximate surface area is 83.4 Å². The third-order valence-electron chi connectivity index (χ3n) is 3.12. The molecule has 0 aromatic rings. The van der Waals surface area contributed by atoms with Crippen LogP contribution in [0.5, 0.6) is 0 Å². The van der Waals surface area contributed by atoms with Gasteiger partial charge in [0.25, 0.3) is 0 Å². The highest BCUT2D eigenvalue weighted by molar-refractivity contribution is 6.64. The molecule has 0 bridgehead atoms. The molecule has 1 fully saturated rings. The van der Waals surface area contributed by atoms with Gasteiger partial charge in [-0.2, -0.15) is 0 Å². The lowest BCUT2D eigenvalue weighted by molar-refractivity contribution is -0.123. The van der Waals surface area contributed by atoms with Crippen LogP contribution < -0.4 is 0 Å². The van der Waals surface area contributed by atoms with E-state index >= 15 is 0 Å². The Hall–Kier alpha value is 0.250. The van der Waals surface area contributed by atoms with Gasteiger partial charge in [-0.15, -0.1) is 11.6 Å².